The second-order valence-electron chi connectivity index (χ2n) is 8.09. The minimum absolute atomic E-state index is 0. The lowest BCUT2D eigenvalue weighted by atomic mass is 10.1. The number of hydrogen-bond donors (Lipinski definition) is 1. The fourth-order valence-corrected chi connectivity index (χ4v) is 3.95. The largest absolute Gasteiger partial charge is 0.356 e. The Bertz CT molecular complexity index is 714. The first-order valence-electron chi connectivity index (χ1n) is 10.9. The van der Waals surface area contributed by atoms with Crippen molar-refractivity contribution in [2.75, 3.05) is 46.3 Å². The van der Waals surface area contributed by atoms with E-state index in [1.165, 1.54) is 0 Å². The zero-order valence-electron chi connectivity index (χ0n) is 18.8. The Labute approximate surface area is 197 Å². The highest BCUT2D eigenvalue weighted by atomic mass is 127. The summed E-state index contributed by atoms with van der Waals surface area (Å²) in [4.78, 5) is 24.2. The van der Waals surface area contributed by atoms with Gasteiger partial charge in [-0.1, -0.05) is 13.3 Å². The summed E-state index contributed by atoms with van der Waals surface area (Å²) in [6, 6.07) is 0.0662. The number of carbonyl (C=O) groups is 1. The van der Waals surface area contributed by atoms with Gasteiger partial charge in [-0.15, -0.1) is 34.2 Å². The lowest BCUT2D eigenvalue weighted by molar-refractivity contribution is -0.136. The van der Waals surface area contributed by atoms with Crippen LogP contribution in [0.3, 0.4) is 0 Å². The van der Waals surface area contributed by atoms with Crippen LogP contribution >= 0.6 is 24.0 Å². The molecule has 1 N–H and O–H groups in total. The second kappa shape index (κ2) is 11.8. The van der Waals surface area contributed by atoms with Gasteiger partial charge >= 0.3 is 0 Å². The number of hydrogen-bond acceptors (Lipinski definition) is 5. The molecule has 0 bridgehead atoms. The summed E-state index contributed by atoms with van der Waals surface area (Å²) in [6.45, 7) is 9.66. The molecule has 30 heavy (non-hydrogen) atoms. The van der Waals surface area contributed by atoms with Gasteiger partial charge in [0, 0.05) is 39.8 Å². The number of rotatable bonds is 6. The van der Waals surface area contributed by atoms with E-state index in [4.69, 9.17) is 4.99 Å². The number of aliphatic imine (C=N–C) groups is 1. The van der Waals surface area contributed by atoms with E-state index in [0.717, 1.165) is 82.6 Å². The molecule has 2 aliphatic heterocycles. The van der Waals surface area contributed by atoms with Crippen LogP contribution in [0.2, 0.25) is 0 Å². The van der Waals surface area contributed by atoms with Crippen molar-refractivity contribution in [3.63, 3.8) is 0 Å². The molecule has 2 aliphatic rings. The maximum absolute atomic E-state index is 12.9. The molecular formula is C20H37IN8O. The molecule has 1 atom stereocenters. The Morgan fingerprint density at radius 3 is 2.40 bits per heavy atom. The summed E-state index contributed by atoms with van der Waals surface area (Å²) < 4.78 is 1.97. The SMILES string of the molecule is CCCCNC(=NCc1nnc(C)n1C)N1CCN(C(=O)C2CCCN2C)CC1.I. The number of unbranched alkanes of at least 4 members (excludes halogenated alkanes) is 1. The molecule has 9 nitrogen and oxygen atoms in total. The van der Waals surface area contributed by atoms with Crippen LogP contribution in [0.15, 0.2) is 4.99 Å². The van der Waals surface area contributed by atoms with Gasteiger partial charge in [-0.2, -0.15) is 0 Å². The van der Waals surface area contributed by atoms with Crippen molar-refractivity contribution in [1.82, 2.24) is 34.8 Å². The Balaban J connectivity index is 0.00000320. The Kier molecular flexibility index (Phi) is 9.79. The highest BCUT2D eigenvalue weighted by molar-refractivity contribution is 14.0. The molecule has 10 heteroatoms. The quantitative estimate of drug-likeness (QED) is 0.257. The first-order chi connectivity index (χ1) is 14.0. The third-order valence-electron chi connectivity index (χ3n) is 6.06. The Morgan fingerprint density at radius 2 is 1.83 bits per heavy atom. The Morgan fingerprint density at radius 1 is 1.13 bits per heavy atom. The van der Waals surface area contributed by atoms with E-state index in [-0.39, 0.29) is 35.9 Å². The summed E-state index contributed by atoms with van der Waals surface area (Å²) in [5.41, 5.74) is 0. The number of carbonyl (C=O) groups excluding carboxylic acids is 1. The monoisotopic (exact) mass is 532 g/mol. The van der Waals surface area contributed by atoms with E-state index in [2.05, 4.69) is 39.3 Å². The van der Waals surface area contributed by atoms with Crippen molar-refractivity contribution >= 4 is 35.8 Å². The first-order valence-corrected chi connectivity index (χ1v) is 10.9. The van der Waals surface area contributed by atoms with Crippen LogP contribution in [0.4, 0.5) is 0 Å². The normalized spacial score (nSPS) is 20.4. The molecule has 1 aromatic heterocycles. The van der Waals surface area contributed by atoms with Gasteiger partial charge in [0.25, 0.3) is 0 Å². The average Bonchev–Trinajstić information content (AvgIpc) is 3.30. The van der Waals surface area contributed by atoms with Gasteiger partial charge in [-0.3, -0.25) is 9.69 Å². The molecule has 170 valence electrons. The zero-order chi connectivity index (χ0) is 20.8. The maximum atomic E-state index is 12.9. The third-order valence-corrected chi connectivity index (χ3v) is 6.06. The Hall–Kier alpha value is -1.43. The molecule has 0 aromatic carbocycles. The molecule has 3 rings (SSSR count). The van der Waals surface area contributed by atoms with Gasteiger partial charge in [0.05, 0.1) is 6.04 Å². The second-order valence-corrected chi connectivity index (χ2v) is 8.09. The minimum atomic E-state index is 0. The van der Waals surface area contributed by atoms with Crippen molar-refractivity contribution < 1.29 is 4.79 Å². The molecule has 1 unspecified atom stereocenters. The minimum Gasteiger partial charge on any atom is -0.356 e. The topological polar surface area (TPSA) is 81.9 Å². The van der Waals surface area contributed by atoms with Crippen LogP contribution in [0, 0.1) is 6.92 Å². The van der Waals surface area contributed by atoms with Gasteiger partial charge < -0.3 is 19.7 Å². The lowest BCUT2D eigenvalue weighted by Gasteiger charge is -2.38. The van der Waals surface area contributed by atoms with E-state index >= 15 is 0 Å². The molecule has 1 amide bonds. The number of piperazine rings is 1. The molecule has 0 radical (unpaired) electrons. The summed E-state index contributed by atoms with van der Waals surface area (Å²) in [5.74, 6) is 2.94. The highest BCUT2D eigenvalue weighted by Gasteiger charge is 2.33. The standard InChI is InChI=1S/C20H36N8O.HI/c1-5-6-9-21-20(22-15-18-24-23-16(2)26(18)4)28-13-11-27(12-14-28)19(29)17-8-7-10-25(17)3;/h17H,5-15H2,1-4H3,(H,21,22);1H. The van der Waals surface area contributed by atoms with Gasteiger partial charge in [-0.25, -0.2) is 4.99 Å². The average molecular weight is 532 g/mol. The van der Waals surface area contributed by atoms with E-state index in [0.29, 0.717) is 6.54 Å². The number of aryl methyl sites for hydroxylation is 1. The fraction of sp³-hybridized carbons (Fsp3) is 0.800. The number of nitrogens with one attached hydrogen (secondary N) is 1. The van der Waals surface area contributed by atoms with E-state index in [1.54, 1.807) is 0 Å². The predicted octanol–water partition coefficient (Wildman–Crippen LogP) is 1.23. The van der Waals surface area contributed by atoms with Gasteiger partial charge in [-0.05, 0) is 39.8 Å². The van der Waals surface area contributed by atoms with Gasteiger partial charge in [0.1, 0.15) is 12.4 Å². The highest BCUT2D eigenvalue weighted by Crippen LogP contribution is 2.18. The van der Waals surface area contributed by atoms with Crippen LogP contribution in [0.25, 0.3) is 0 Å². The molecule has 0 saturated carbocycles. The molecule has 0 spiro atoms. The van der Waals surface area contributed by atoms with Crippen molar-refractivity contribution in [1.29, 1.82) is 0 Å². The van der Waals surface area contributed by atoms with Crippen molar-refractivity contribution in [2.24, 2.45) is 12.0 Å². The maximum Gasteiger partial charge on any atom is 0.240 e. The smallest absolute Gasteiger partial charge is 0.240 e. The number of amides is 1. The van der Waals surface area contributed by atoms with Crippen LogP contribution < -0.4 is 5.32 Å². The van der Waals surface area contributed by atoms with Crippen molar-refractivity contribution in [2.45, 2.75) is 52.1 Å². The summed E-state index contributed by atoms with van der Waals surface area (Å²) in [6.07, 6.45) is 4.35. The zero-order valence-corrected chi connectivity index (χ0v) is 21.1. The van der Waals surface area contributed by atoms with Gasteiger partial charge in [0.2, 0.25) is 5.91 Å². The number of likely N-dealkylation sites (N-methyl/N-ethyl adjacent to an activating group) is 1. The molecule has 2 fully saturated rings. The van der Waals surface area contributed by atoms with Crippen molar-refractivity contribution in [3.05, 3.63) is 11.6 Å². The van der Waals surface area contributed by atoms with Crippen LogP contribution in [-0.4, -0.2) is 93.7 Å². The fourth-order valence-electron chi connectivity index (χ4n) is 3.95. The number of aromatic nitrogens is 3. The molecule has 2 saturated heterocycles. The van der Waals surface area contributed by atoms with Crippen LogP contribution in [0.5, 0.6) is 0 Å². The molecule has 0 aliphatic carbocycles. The molecule has 1 aromatic rings. The third kappa shape index (κ3) is 6.05. The van der Waals surface area contributed by atoms with E-state index < -0.39 is 0 Å². The summed E-state index contributed by atoms with van der Waals surface area (Å²) in [7, 11) is 4.03. The molecule has 3 heterocycles. The first kappa shape index (κ1) is 24.8. The number of likely N-dealkylation sites (tertiary alicyclic amines) is 1. The van der Waals surface area contributed by atoms with Crippen LogP contribution in [-0.2, 0) is 18.4 Å². The number of halogens is 1. The lowest BCUT2D eigenvalue weighted by Crippen LogP contribution is -2.56. The van der Waals surface area contributed by atoms with Crippen LogP contribution in [0.1, 0.15) is 44.3 Å². The van der Waals surface area contributed by atoms with E-state index in [1.807, 2.05) is 23.4 Å². The summed E-state index contributed by atoms with van der Waals surface area (Å²) in [5, 5.41) is 11.8. The van der Waals surface area contributed by atoms with E-state index in [9.17, 15) is 4.79 Å². The summed E-state index contributed by atoms with van der Waals surface area (Å²) >= 11 is 0. The van der Waals surface area contributed by atoms with Crippen molar-refractivity contribution in [3.8, 4) is 0 Å². The number of guanidine groups is 1. The predicted molar refractivity (Wildman–Crippen MR) is 129 cm³/mol. The number of nitrogens with zero attached hydrogens (tertiary/aromatic N) is 7. The molecular weight excluding hydrogens is 495 g/mol. The van der Waals surface area contributed by atoms with Gasteiger partial charge in [0.15, 0.2) is 11.8 Å².